The molecule has 2 fully saturated rings. The van der Waals surface area contributed by atoms with E-state index in [4.69, 9.17) is 5.73 Å². The predicted octanol–water partition coefficient (Wildman–Crippen LogP) is 4.18. The van der Waals surface area contributed by atoms with Gasteiger partial charge in [0.25, 0.3) is 0 Å². The second-order valence-corrected chi connectivity index (χ2v) is 8.27. The van der Waals surface area contributed by atoms with E-state index in [-0.39, 0.29) is 0 Å². The molecule has 0 heterocycles. The molecule has 0 aromatic rings. The summed E-state index contributed by atoms with van der Waals surface area (Å²) in [6.45, 7) is 10.8. The lowest BCUT2D eigenvalue weighted by molar-refractivity contribution is 0.0540. The summed E-state index contributed by atoms with van der Waals surface area (Å²) in [5.41, 5.74) is 6.56. The summed E-state index contributed by atoms with van der Waals surface area (Å²) in [7, 11) is 0. The van der Waals surface area contributed by atoms with Crippen LogP contribution in [0.3, 0.4) is 0 Å². The number of nitrogens with two attached hydrogens (primary N) is 1. The van der Waals surface area contributed by atoms with Crippen LogP contribution in [-0.2, 0) is 0 Å². The van der Waals surface area contributed by atoms with Gasteiger partial charge in [-0.15, -0.1) is 0 Å². The van der Waals surface area contributed by atoms with Gasteiger partial charge in [-0.25, -0.2) is 0 Å². The molecule has 0 radical (unpaired) electrons. The molecule has 2 heteroatoms. The maximum atomic E-state index is 6.06. The van der Waals surface area contributed by atoms with Gasteiger partial charge in [0, 0.05) is 18.1 Å². The number of hydrogen-bond acceptors (Lipinski definition) is 2. The van der Waals surface area contributed by atoms with Crippen molar-refractivity contribution in [3.63, 3.8) is 0 Å². The Balaban J connectivity index is 1.87. The highest BCUT2D eigenvalue weighted by molar-refractivity contribution is 4.89. The molecule has 0 saturated heterocycles. The molecule has 2 saturated carbocycles. The van der Waals surface area contributed by atoms with Crippen molar-refractivity contribution < 1.29 is 0 Å². The summed E-state index contributed by atoms with van der Waals surface area (Å²) in [4.78, 5) is 2.82. The third kappa shape index (κ3) is 3.98. The van der Waals surface area contributed by atoms with Crippen LogP contribution in [0.5, 0.6) is 0 Å². The zero-order valence-corrected chi connectivity index (χ0v) is 14.2. The van der Waals surface area contributed by atoms with Gasteiger partial charge in [-0.05, 0) is 69.2 Å². The van der Waals surface area contributed by atoms with Crippen LogP contribution < -0.4 is 5.73 Å². The van der Waals surface area contributed by atoms with Crippen molar-refractivity contribution in [2.75, 3.05) is 6.54 Å². The Kier molecular flexibility index (Phi) is 5.53. The number of rotatable bonds is 3. The SMILES string of the molecule is CCN(C1CCC(N)CC1)C1CCC(C(C)(C)C)CC1. The summed E-state index contributed by atoms with van der Waals surface area (Å²) in [5.74, 6) is 0.928. The Bertz CT molecular complexity index is 278. The molecule has 118 valence electrons. The van der Waals surface area contributed by atoms with Crippen LogP contribution in [0.1, 0.15) is 79.1 Å². The molecule has 0 aromatic heterocycles. The Morgan fingerprint density at radius 3 is 1.70 bits per heavy atom. The van der Waals surface area contributed by atoms with Crippen molar-refractivity contribution in [3.8, 4) is 0 Å². The molecule has 0 unspecified atom stereocenters. The Morgan fingerprint density at radius 1 is 0.850 bits per heavy atom. The lowest BCUT2D eigenvalue weighted by Gasteiger charge is -2.45. The maximum absolute atomic E-state index is 6.06. The normalized spacial score (nSPS) is 36.3. The van der Waals surface area contributed by atoms with E-state index in [1.807, 2.05) is 0 Å². The number of nitrogens with zero attached hydrogens (tertiary/aromatic N) is 1. The fraction of sp³-hybridized carbons (Fsp3) is 1.00. The lowest BCUT2D eigenvalue weighted by Crippen LogP contribution is -2.48. The van der Waals surface area contributed by atoms with Crippen molar-refractivity contribution in [2.45, 2.75) is 97.2 Å². The molecule has 0 bridgehead atoms. The topological polar surface area (TPSA) is 29.3 Å². The fourth-order valence-electron chi connectivity index (χ4n) is 4.52. The first-order chi connectivity index (χ1) is 9.41. The summed E-state index contributed by atoms with van der Waals surface area (Å²) in [5, 5.41) is 0. The average Bonchev–Trinajstić information content (AvgIpc) is 2.41. The molecule has 20 heavy (non-hydrogen) atoms. The van der Waals surface area contributed by atoms with Crippen molar-refractivity contribution in [3.05, 3.63) is 0 Å². The lowest BCUT2D eigenvalue weighted by atomic mass is 9.71. The third-order valence-electron chi connectivity index (χ3n) is 5.97. The van der Waals surface area contributed by atoms with E-state index in [0.29, 0.717) is 11.5 Å². The minimum Gasteiger partial charge on any atom is -0.328 e. The summed E-state index contributed by atoms with van der Waals surface area (Å²) < 4.78 is 0. The zero-order chi connectivity index (χ0) is 14.8. The van der Waals surface area contributed by atoms with Crippen LogP contribution in [0.25, 0.3) is 0 Å². The first-order valence-corrected chi connectivity index (χ1v) is 8.93. The summed E-state index contributed by atoms with van der Waals surface area (Å²) in [6, 6.07) is 2.13. The van der Waals surface area contributed by atoms with Crippen LogP contribution in [0, 0.1) is 11.3 Å². The van der Waals surface area contributed by atoms with Gasteiger partial charge in [-0.1, -0.05) is 27.7 Å². The highest BCUT2D eigenvalue weighted by Gasteiger charge is 2.34. The molecular formula is C18H36N2. The van der Waals surface area contributed by atoms with E-state index < -0.39 is 0 Å². The van der Waals surface area contributed by atoms with E-state index in [0.717, 1.165) is 18.0 Å². The maximum Gasteiger partial charge on any atom is 0.00992 e. The standard InChI is InChI=1S/C18H36N2/c1-5-20(17-12-8-15(19)9-13-17)16-10-6-14(7-11-16)18(2,3)4/h14-17H,5-13,19H2,1-4H3. The van der Waals surface area contributed by atoms with Gasteiger partial charge in [0.05, 0.1) is 0 Å². The van der Waals surface area contributed by atoms with Crippen LogP contribution in [0.2, 0.25) is 0 Å². The molecule has 0 aliphatic heterocycles. The van der Waals surface area contributed by atoms with Gasteiger partial charge in [0.15, 0.2) is 0 Å². The van der Waals surface area contributed by atoms with Crippen LogP contribution in [-0.4, -0.2) is 29.6 Å². The number of hydrogen-bond donors (Lipinski definition) is 1. The fourth-order valence-corrected chi connectivity index (χ4v) is 4.52. The van der Waals surface area contributed by atoms with E-state index in [2.05, 4.69) is 32.6 Å². The van der Waals surface area contributed by atoms with E-state index >= 15 is 0 Å². The van der Waals surface area contributed by atoms with Gasteiger partial charge >= 0.3 is 0 Å². The van der Waals surface area contributed by atoms with Crippen LogP contribution in [0.15, 0.2) is 0 Å². The quantitative estimate of drug-likeness (QED) is 0.840. The highest BCUT2D eigenvalue weighted by atomic mass is 15.2. The predicted molar refractivity (Wildman–Crippen MR) is 87.8 cm³/mol. The minimum atomic E-state index is 0.474. The Morgan fingerprint density at radius 2 is 1.30 bits per heavy atom. The molecule has 0 amide bonds. The van der Waals surface area contributed by atoms with Gasteiger partial charge in [0.2, 0.25) is 0 Å². The zero-order valence-electron chi connectivity index (χ0n) is 14.2. The molecule has 2 aliphatic carbocycles. The molecule has 0 spiro atoms. The van der Waals surface area contributed by atoms with E-state index in [1.165, 1.54) is 57.9 Å². The first-order valence-electron chi connectivity index (χ1n) is 8.93. The molecular weight excluding hydrogens is 244 g/mol. The molecule has 2 aliphatic rings. The molecule has 2 N–H and O–H groups in total. The molecule has 2 nitrogen and oxygen atoms in total. The van der Waals surface area contributed by atoms with Gasteiger partial charge in [-0.3, -0.25) is 4.90 Å². The first kappa shape index (κ1) is 16.3. The van der Waals surface area contributed by atoms with Gasteiger partial charge in [0.1, 0.15) is 0 Å². The average molecular weight is 281 g/mol. The smallest absolute Gasteiger partial charge is 0.00992 e. The molecule has 2 rings (SSSR count). The monoisotopic (exact) mass is 280 g/mol. The molecule has 0 atom stereocenters. The van der Waals surface area contributed by atoms with Gasteiger partial charge < -0.3 is 5.73 Å². The Labute approximate surface area is 126 Å². The largest absolute Gasteiger partial charge is 0.328 e. The third-order valence-corrected chi connectivity index (χ3v) is 5.97. The summed E-state index contributed by atoms with van der Waals surface area (Å²) in [6.07, 6.45) is 10.8. The van der Waals surface area contributed by atoms with Crippen LogP contribution >= 0.6 is 0 Å². The van der Waals surface area contributed by atoms with Crippen LogP contribution in [0.4, 0.5) is 0 Å². The highest BCUT2D eigenvalue weighted by Crippen LogP contribution is 2.40. The summed E-state index contributed by atoms with van der Waals surface area (Å²) >= 11 is 0. The van der Waals surface area contributed by atoms with Crippen molar-refractivity contribution in [1.82, 2.24) is 4.90 Å². The van der Waals surface area contributed by atoms with Crippen molar-refractivity contribution in [1.29, 1.82) is 0 Å². The minimum absolute atomic E-state index is 0.474. The van der Waals surface area contributed by atoms with Gasteiger partial charge in [-0.2, -0.15) is 0 Å². The second kappa shape index (κ2) is 6.79. The van der Waals surface area contributed by atoms with Crippen molar-refractivity contribution >= 4 is 0 Å². The van der Waals surface area contributed by atoms with E-state index in [9.17, 15) is 0 Å². The Hall–Kier alpha value is -0.0800. The molecule has 0 aromatic carbocycles. The van der Waals surface area contributed by atoms with Crippen molar-refractivity contribution in [2.24, 2.45) is 17.1 Å². The van der Waals surface area contributed by atoms with E-state index in [1.54, 1.807) is 0 Å². The second-order valence-electron chi connectivity index (χ2n) is 8.27.